The predicted molar refractivity (Wildman–Crippen MR) is 68.4 cm³/mol. The van der Waals surface area contributed by atoms with Crippen molar-refractivity contribution in [1.29, 1.82) is 0 Å². The van der Waals surface area contributed by atoms with Crippen LogP contribution >= 0.6 is 12.2 Å². The predicted octanol–water partition coefficient (Wildman–Crippen LogP) is 0.0199. The molecule has 0 spiro atoms. The van der Waals surface area contributed by atoms with Gasteiger partial charge in [0.25, 0.3) is 0 Å². The number of nitrogens with zero attached hydrogens (tertiary/aromatic N) is 1. The summed E-state index contributed by atoms with van der Waals surface area (Å²) in [7, 11) is 6.06. The van der Waals surface area contributed by atoms with Gasteiger partial charge >= 0.3 is 5.97 Å². The maximum absolute atomic E-state index is 10.7. The molecule has 0 aliphatic heterocycles. The third-order valence-corrected chi connectivity index (χ3v) is 2.12. The molecule has 0 saturated carbocycles. The van der Waals surface area contributed by atoms with Crippen molar-refractivity contribution >= 4 is 23.3 Å². The van der Waals surface area contributed by atoms with Gasteiger partial charge in [-0.05, 0) is 19.1 Å². The standard InChI is InChI=1S/C10H21N3O2S/c1-5-11-10(16)12-8(6-9(14)15)7-13(2,3)4/h8H,5-7H2,1-4H3,(H2-,11,12,14,15,16)/p+1. The van der Waals surface area contributed by atoms with Crippen LogP contribution in [-0.2, 0) is 4.79 Å². The molecular formula is C10H22N3O2S+. The van der Waals surface area contributed by atoms with Crippen LogP contribution in [-0.4, -0.2) is 60.9 Å². The average Bonchev–Trinajstić information content (AvgIpc) is 1.98. The molecule has 0 aromatic rings. The SMILES string of the molecule is CCNC(=S)NC(CC(=O)O)C[N+](C)(C)C. The average molecular weight is 248 g/mol. The molecule has 5 nitrogen and oxygen atoms in total. The molecule has 0 aromatic heterocycles. The van der Waals surface area contributed by atoms with Gasteiger partial charge in [0.1, 0.15) is 0 Å². The molecule has 0 aliphatic carbocycles. The molecule has 0 rings (SSSR count). The van der Waals surface area contributed by atoms with Crippen LogP contribution in [0.15, 0.2) is 0 Å². The van der Waals surface area contributed by atoms with Crippen molar-refractivity contribution in [2.45, 2.75) is 19.4 Å². The third-order valence-electron chi connectivity index (χ3n) is 1.86. The number of aliphatic carboxylic acids is 1. The fourth-order valence-electron chi connectivity index (χ4n) is 1.43. The summed E-state index contributed by atoms with van der Waals surface area (Å²) in [6.07, 6.45) is 0.0705. The van der Waals surface area contributed by atoms with Gasteiger partial charge in [-0.1, -0.05) is 0 Å². The van der Waals surface area contributed by atoms with Gasteiger partial charge in [0.15, 0.2) is 5.11 Å². The van der Waals surface area contributed by atoms with Crippen LogP contribution in [0.1, 0.15) is 13.3 Å². The Balaban J connectivity index is 4.31. The zero-order valence-electron chi connectivity index (χ0n) is 10.4. The lowest BCUT2D eigenvalue weighted by Crippen LogP contribution is -2.51. The normalized spacial score (nSPS) is 13.0. The zero-order valence-corrected chi connectivity index (χ0v) is 11.2. The fourth-order valence-corrected chi connectivity index (χ4v) is 1.74. The molecule has 0 amide bonds. The van der Waals surface area contributed by atoms with Crippen molar-refractivity contribution < 1.29 is 14.4 Å². The van der Waals surface area contributed by atoms with E-state index in [4.69, 9.17) is 17.3 Å². The number of likely N-dealkylation sites (N-methyl/N-ethyl adjacent to an activating group) is 1. The maximum Gasteiger partial charge on any atom is 0.305 e. The Morgan fingerprint density at radius 3 is 2.38 bits per heavy atom. The Kier molecular flexibility index (Phi) is 6.28. The molecule has 0 saturated heterocycles. The number of carbonyl (C=O) groups is 1. The first-order chi connectivity index (χ1) is 7.24. The number of carboxylic acids is 1. The molecule has 0 fully saturated rings. The molecule has 6 heteroatoms. The molecule has 16 heavy (non-hydrogen) atoms. The first-order valence-electron chi connectivity index (χ1n) is 5.31. The molecule has 94 valence electrons. The van der Waals surface area contributed by atoms with Crippen LogP contribution in [0.25, 0.3) is 0 Å². The van der Waals surface area contributed by atoms with Crippen molar-refractivity contribution in [1.82, 2.24) is 10.6 Å². The minimum absolute atomic E-state index is 0.0705. The van der Waals surface area contributed by atoms with Gasteiger partial charge in [-0.25, -0.2) is 0 Å². The molecule has 0 radical (unpaired) electrons. The third kappa shape index (κ3) is 8.43. The highest BCUT2D eigenvalue weighted by atomic mass is 32.1. The van der Waals surface area contributed by atoms with Crippen LogP contribution in [0.2, 0.25) is 0 Å². The quantitative estimate of drug-likeness (QED) is 0.457. The van der Waals surface area contributed by atoms with Gasteiger partial charge in [0, 0.05) is 6.54 Å². The molecule has 0 heterocycles. The van der Waals surface area contributed by atoms with E-state index in [2.05, 4.69) is 10.6 Å². The second kappa shape index (κ2) is 6.65. The Labute approximate surface area is 102 Å². The summed E-state index contributed by atoms with van der Waals surface area (Å²) in [5, 5.41) is 15.3. The smallest absolute Gasteiger partial charge is 0.305 e. The van der Waals surface area contributed by atoms with Crippen LogP contribution in [0.3, 0.4) is 0 Å². The molecule has 0 aromatic carbocycles. The lowest BCUT2D eigenvalue weighted by molar-refractivity contribution is -0.871. The topological polar surface area (TPSA) is 61.4 Å². The fraction of sp³-hybridized carbons (Fsp3) is 0.800. The van der Waals surface area contributed by atoms with Crippen molar-refractivity contribution in [3.63, 3.8) is 0 Å². The number of rotatable bonds is 6. The highest BCUT2D eigenvalue weighted by Gasteiger charge is 2.21. The Morgan fingerprint density at radius 2 is 2.00 bits per heavy atom. The van der Waals surface area contributed by atoms with E-state index in [0.29, 0.717) is 16.1 Å². The van der Waals surface area contributed by atoms with Crippen molar-refractivity contribution in [2.75, 3.05) is 34.2 Å². The summed E-state index contributed by atoms with van der Waals surface area (Å²) < 4.78 is 0.694. The monoisotopic (exact) mass is 248 g/mol. The lowest BCUT2D eigenvalue weighted by atomic mass is 10.2. The summed E-state index contributed by atoms with van der Waals surface area (Å²) in [4.78, 5) is 10.7. The Hall–Kier alpha value is -0.880. The molecule has 3 N–H and O–H groups in total. The Bertz CT molecular complexity index is 251. The van der Waals surface area contributed by atoms with Crippen molar-refractivity contribution in [3.8, 4) is 0 Å². The van der Waals surface area contributed by atoms with E-state index < -0.39 is 5.97 Å². The molecule has 1 unspecified atom stereocenters. The number of quaternary nitrogens is 1. The van der Waals surface area contributed by atoms with Gasteiger partial charge in [-0.15, -0.1) is 0 Å². The number of hydrogen-bond acceptors (Lipinski definition) is 2. The number of hydrogen-bond donors (Lipinski definition) is 3. The van der Waals surface area contributed by atoms with Crippen molar-refractivity contribution in [2.24, 2.45) is 0 Å². The number of nitrogens with one attached hydrogen (secondary N) is 2. The highest BCUT2D eigenvalue weighted by molar-refractivity contribution is 7.80. The largest absolute Gasteiger partial charge is 0.481 e. The van der Waals surface area contributed by atoms with E-state index in [-0.39, 0.29) is 12.5 Å². The summed E-state index contributed by atoms with van der Waals surface area (Å²) in [5.41, 5.74) is 0. The van der Waals surface area contributed by atoms with E-state index in [9.17, 15) is 4.79 Å². The van der Waals surface area contributed by atoms with Crippen LogP contribution in [0.5, 0.6) is 0 Å². The van der Waals surface area contributed by atoms with Crippen LogP contribution in [0.4, 0.5) is 0 Å². The maximum atomic E-state index is 10.7. The molecule has 0 bridgehead atoms. The Morgan fingerprint density at radius 1 is 1.44 bits per heavy atom. The zero-order chi connectivity index (χ0) is 12.8. The van der Waals surface area contributed by atoms with Crippen LogP contribution < -0.4 is 10.6 Å². The van der Waals surface area contributed by atoms with Gasteiger partial charge in [0.05, 0.1) is 40.2 Å². The molecule has 0 aliphatic rings. The molecule has 1 atom stereocenters. The van der Waals surface area contributed by atoms with Crippen molar-refractivity contribution in [3.05, 3.63) is 0 Å². The lowest BCUT2D eigenvalue weighted by Gasteiger charge is -2.29. The summed E-state index contributed by atoms with van der Waals surface area (Å²) in [5.74, 6) is -0.815. The van der Waals surface area contributed by atoms with E-state index in [1.165, 1.54) is 0 Å². The van der Waals surface area contributed by atoms with Gasteiger partial charge in [-0.2, -0.15) is 0 Å². The second-order valence-corrected chi connectivity index (χ2v) is 5.18. The first-order valence-corrected chi connectivity index (χ1v) is 5.72. The number of thiocarbonyl (C=S) groups is 1. The van der Waals surface area contributed by atoms with E-state index in [1.54, 1.807) is 0 Å². The summed E-state index contributed by atoms with van der Waals surface area (Å²) in [6.45, 7) is 3.38. The number of carboxylic acid groups (broad SMARTS) is 1. The second-order valence-electron chi connectivity index (χ2n) is 4.77. The van der Waals surface area contributed by atoms with Gasteiger partial charge in [0.2, 0.25) is 0 Å². The highest BCUT2D eigenvalue weighted by Crippen LogP contribution is 2.00. The minimum atomic E-state index is -0.815. The first kappa shape index (κ1) is 15.1. The van der Waals surface area contributed by atoms with Gasteiger partial charge in [-0.3, -0.25) is 4.79 Å². The molecular weight excluding hydrogens is 226 g/mol. The van der Waals surface area contributed by atoms with E-state index >= 15 is 0 Å². The minimum Gasteiger partial charge on any atom is -0.481 e. The van der Waals surface area contributed by atoms with E-state index in [1.807, 2.05) is 28.1 Å². The van der Waals surface area contributed by atoms with E-state index in [0.717, 1.165) is 6.54 Å². The summed E-state index contributed by atoms with van der Waals surface area (Å²) in [6, 6.07) is -0.149. The van der Waals surface area contributed by atoms with Crippen LogP contribution in [0, 0.1) is 0 Å². The van der Waals surface area contributed by atoms with Gasteiger partial charge < -0.3 is 20.2 Å². The summed E-state index contributed by atoms with van der Waals surface area (Å²) >= 11 is 5.05.